The van der Waals surface area contributed by atoms with Crippen LogP contribution < -0.4 is 0 Å². The topological polar surface area (TPSA) is 50.2 Å². The maximum atomic E-state index is 12.2. The van der Waals surface area contributed by atoms with Crippen molar-refractivity contribution in [2.75, 3.05) is 0 Å². The van der Waals surface area contributed by atoms with Gasteiger partial charge in [-0.2, -0.15) is 13.2 Å². The highest BCUT2D eigenvalue weighted by Gasteiger charge is 2.31. The zero-order valence-electron chi connectivity index (χ0n) is 7.18. The van der Waals surface area contributed by atoms with E-state index in [1.807, 2.05) is 0 Å². The summed E-state index contributed by atoms with van der Waals surface area (Å²) in [5.74, 6) is -1.12. The number of carbonyl (C=O) groups is 1. The fourth-order valence-corrected chi connectivity index (χ4v) is 1.56. The summed E-state index contributed by atoms with van der Waals surface area (Å²) in [6.45, 7) is 0. The Bertz CT molecular complexity index is 392. The van der Waals surface area contributed by atoms with Gasteiger partial charge in [0.25, 0.3) is 0 Å². The van der Waals surface area contributed by atoms with E-state index in [9.17, 15) is 18.0 Å². The summed E-state index contributed by atoms with van der Waals surface area (Å²) in [5.41, 5.74) is -0.739. The zero-order valence-corrected chi connectivity index (χ0v) is 9.33. The minimum atomic E-state index is -4.45. The van der Waals surface area contributed by atoms with E-state index in [1.165, 1.54) is 0 Å². The fraction of sp³-hybridized carbons (Fsp3) is 0.250. The van der Waals surface area contributed by atoms with Gasteiger partial charge in [-0.1, -0.05) is 0 Å². The minimum absolute atomic E-state index is 0.135. The molecule has 1 aromatic heterocycles. The molecule has 0 spiro atoms. The maximum absolute atomic E-state index is 12.2. The molecule has 0 bridgehead atoms. The minimum Gasteiger partial charge on any atom is -0.481 e. The number of pyridine rings is 1. The summed E-state index contributed by atoms with van der Waals surface area (Å²) < 4.78 is 36.8. The van der Waals surface area contributed by atoms with Gasteiger partial charge in [0.15, 0.2) is 0 Å². The van der Waals surface area contributed by atoms with E-state index in [0.717, 1.165) is 6.07 Å². The van der Waals surface area contributed by atoms with Crippen molar-refractivity contribution in [2.24, 2.45) is 0 Å². The van der Waals surface area contributed by atoms with Crippen molar-refractivity contribution < 1.29 is 23.1 Å². The molecule has 0 saturated carbocycles. The molecule has 0 unspecified atom stereocenters. The summed E-state index contributed by atoms with van der Waals surface area (Å²) in [6.07, 6.45) is -4.19. The largest absolute Gasteiger partial charge is 0.481 e. The van der Waals surface area contributed by atoms with Gasteiger partial charge >= 0.3 is 12.1 Å². The van der Waals surface area contributed by atoms with Gasteiger partial charge in [-0.3, -0.25) is 9.78 Å². The number of rotatable bonds is 2. The van der Waals surface area contributed by atoms with E-state index in [4.69, 9.17) is 5.11 Å². The third-order valence-electron chi connectivity index (χ3n) is 1.56. The van der Waals surface area contributed by atoms with Crippen molar-refractivity contribution >= 4 is 28.6 Å². The number of aliphatic carboxylic acids is 1. The Morgan fingerprint density at radius 1 is 1.53 bits per heavy atom. The van der Waals surface area contributed by atoms with E-state index < -0.39 is 17.7 Å². The quantitative estimate of drug-likeness (QED) is 0.847. The predicted octanol–water partition coefficient (Wildman–Crippen LogP) is 2.33. The van der Waals surface area contributed by atoms with Crippen LogP contribution in [0.15, 0.2) is 12.3 Å². The molecule has 7 heteroatoms. The molecule has 0 aliphatic carbocycles. The van der Waals surface area contributed by atoms with Crippen LogP contribution in [-0.4, -0.2) is 16.1 Å². The summed E-state index contributed by atoms with van der Waals surface area (Å²) in [6, 6.07) is 0.881. The molecule has 1 aromatic rings. The number of carboxylic acids is 1. The lowest BCUT2D eigenvalue weighted by molar-refractivity contribution is -0.138. The summed E-state index contributed by atoms with van der Waals surface area (Å²) in [7, 11) is 0. The Labute approximate surface area is 96.5 Å². The molecular formula is C8H5F3INO2. The summed E-state index contributed by atoms with van der Waals surface area (Å²) in [5, 5.41) is 8.45. The van der Waals surface area contributed by atoms with Crippen molar-refractivity contribution in [1.82, 2.24) is 4.98 Å². The van der Waals surface area contributed by atoms with Crippen LogP contribution in [0, 0.1) is 3.57 Å². The Hall–Kier alpha value is -0.860. The van der Waals surface area contributed by atoms with Crippen LogP contribution in [0.5, 0.6) is 0 Å². The lowest BCUT2D eigenvalue weighted by Gasteiger charge is -2.07. The van der Waals surface area contributed by atoms with E-state index in [0.29, 0.717) is 6.20 Å². The molecule has 1 rings (SSSR count). The van der Waals surface area contributed by atoms with Crippen molar-refractivity contribution in [3.63, 3.8) is 0 Å². The first-order valence-corrected chi connectivity index (χ1v) is 4.82. The number of nitrogens with zero attached hydrogens (tertiary/aromatic N) is 1. The number of halogens is 4. The number of aromatic nitrogens is 1. The SMILES string of the molecule is O=C(O)Cc1ncc(C(F)(F)F)cc1I. The van der Waals surface area contributed by atoms with Crippen LogP contribution in [0.4, 0.5) is 13.2 Å². The van der Waals surface area contributed by atoms with Gasteiger partial charge in [-0.25, -0.2) is 0 Å². The van der Waals surface area contributed by atoms with Crippen molar-refractivity contribution in [2.45, 2.75) is 12.6 Å². The monoisotopic (exact) mass is 331 g/mol. The average molecular weight is 331 g/mol. The number of hydrogen-bond donors (Lipinski definition) is 1. The van der Waals surface area contributed by atoms with Gasteiger partial charge in [-0.05, 0) is 28.7 Å². The van der Waals surface area contributed by atoms with Crippen LogP contribution in [0.25, 0.3) is 0 Å². The number of carboxylic acid groups (broad SMARTS) is 1. The predicted molar refractivity (Wildman–Crippen MR) is 53.3 cm³/mol. The Balaban J connectivity index is 3.03. The van der Waals surface area contributed by atoms with E-state index in [-0.39, 0.29) is 15.7 Å². The first-order valence-electron chi connectivity index (χ1n) is 3.74. The van der Waals surface area contributed by atoms with Gasteiger partial charge in [0, 0.05) is 9.77 Å². The molecule has 82 valence electrons. The van der Waals surface area contributed by atoms with Gasteiger partial charge in [0.1, 0.15) is 0 Å². The van der Waals surface area contributed by atoms with Gasteiger partial charge in [0.2, 0.25) is 0 Å². The van der Waals surface area contributed by atoms with Crippen LogP contribution in [0.1, 0.15) is 11.3 Å². The van der Waals surface area contributed by atoms with E-state index >= 15 is 0 Å². The molecular weight excluding hydrogens is 326 g/mol. The normalized spacial score (nSPS) is 11.5. The Kier molecular flexibility index (Phi) is 3.53. The molecule has 0 saturated heterocycles. The van der Waals surface area contributed by atoms with Gasteiger partial charge < -0.3 is 5.11 Å². The molecule has 1 N–H and O–H groups in total. The second-order valence-electron chi connectivity index (χ2n) is 2.72. The van der Waals surface area contributed by atoms with E-state index in [2.05, 4.69) is 4.98 Å². The van der Waals surface area contributed by atoms with Crippen LogP contribution in [0.2, 0.25) is 0 Å². The lowest BCUT2D eigenvalue weighted by atomic mass is 10.2. The van der Waals surface area contributed by atoms with Crippen molar-refractivity contribution in [3.8, 4) is 0 Å². The third-order valence-corrected chi connectivity index (χ3v) is 2.50. The second kappa shape index (κ2) is 4.33. The highest BCUT2D eigenvalue weighted by molar-refractivity contribution is 14.1. The first-order chi connectivity index (χ1) is 6.80. The van der Waals surface area contributed by atoms with Crippen molar-refractivity contribution in [1.29, 1.82) is 0 Å². The first kappa shape index (κ1) is 12.2. The van der Waals surface area contributed by atoms with E-state index in [1.54, 1.807) is 22.6 Å². The molecule has 15 heavy (non-hydrogen) atoms. The smallest absolute Gasteiger partial charge is 0.417 e. The van der Waals surface area contributed by atoms with Crippen LogP contribution in [-0.2, 0) is 17.4 Å². The Morgan fingerprint density at radius 3 is 2.53 bits per heavy atom. The Morgan fingerprint density at radius 2 is 2.13 bits per heavy atom. The molecule has 0 fully saturated rings. The van der Waals surface area contributed by atoms with Crippen molar-refractivity contribution in [3.05, 3.63) is 27.1 Å². The number of hydrogen-bond acceptors (Lipinski definition) is 2. The lowest BCUT2D eigenvalue weighted by Crippen LogP contribution is -2.10. The van der Waals surface area contributed by atoms with Crippen LogP contribution in [0.3, 0.4) is 0 Å². The number of alkyl halides is 3. The van der Waals surface area contributed by atoms with Gasteiger partial charge in [-0.15, -0.1) is 0 Å². The summed E-state index contributed by atoms with van der Waals surface area (Å²) in [4.78, 5) is 13.8. The third kappa shape index (κ3) is 3.33. The summed E-state index contributed by atoms with van der Waals surface area (Å²) >= 11 is 1.63. The molecule has 0 radical (unpaired) electrons. The fourth-order valence-electron chi connectivity index (χ4n) is 0.895. The molecule has 1 heterocycles. The van der Waals surface area contributed by atoms with Crippen LogP contribution >= 0.6 is 22.6 Å². The molecule has 0 aliphatic heterocycles. The molecule has 0 amide bonds. The maximum Gasteiger partial charge on any atom is 0.417 e. The average Bonchev–Trinajstić information content (AvgIpc) is 2.05. The second-order valence-corrected chi connectivity index (χ2v) is 3.88. The zero-order chi connectivity index (χ0) is 11.6. The standard InChI is InChI=1S/C8H5F3INO2/c9-8(10,11)4-1-5(12)6(13-3-4)2-7(14)15/h1,3H,2H2,(H,14,15). The highest BCUT2D eigenvalue weighted by Crippen LogP contribution is 2.30. The molecule has 0 atom stereocenters. The molecule has 3 nitrogen and oxygen atoms in total. The highest BCUT2D eigenvalue weighted by atomic mass is 127. The molecule has 0 aromatic carbocycles. The van der Waals surface area contributed by atoms with Gasteiger partial charge in [0.05, 0.1) is 17.7 Å². The molecule has 0 aliphatic rings.